The Bertz CT molecular complexity index is 1390. The molecule has 3 aliphatic rings. The van der Waals surface area contributed by atoms with Crippen LogP contribution in [-0.4, -0.2) is 49.2 Å². The van der Waals surface area contributed by atoms with Crippen molar-refractivity contribution < 1.29 is 39.6 Å². The normalized spacial score (nSPS) is 31.0. The lowest BCUT2D eigenvalue weighted by atomic mass is 9.44. The van der Waals surface area contributed by atoms with E-state index in [1.54, 1.807) is 33.8 Å². The minimum atomic E-state index is -2.66. The van der Waals surface area contributed by atoms with Gasteiger partial charge in [0.2, 0.25) is 5.78 Å². The molecule has 3 aliphatic carbocycles. The standard InChI is InChI=1S/C30H36O8/c1-12(2)16-9-17(14(5)31)23(33)20-18(16)10-28(7)11-29(8)21(13(3)4)24(34)19(15(6)32)26(36)30(29,38)27(37)22(28)25(20)35/h9,12-13,21,33-34,37-38H,10-11H2,1-8H3/t21?,28-,29-,30+/m1/s1. The number of phenols is 1. The quantitative estimate of drug-likeness (QED) is 0.328. The average molecular weight is 525 g/mol. The van der Waals surface area contributed by atoms with Gasteiger partial charge in [-0.05, 0) is 55.7 Å². The first kappa shape index (κ1) is 27.8. The van der Waals surface area contributed by atoms with Gasteiger partial charge in [-0.2, -0.15) is 0 Å². The Morgan fingerprint density at radius 2 is 1.58 bits per heavy atom. The number of phenolic OH excluding ortho intramolecular Hbond substituents is 1. The number of aromatic hydroxyl groups is 1. The molecule has 0 fully saturated rings. The second kappa shape index (κ2) is 8.37. The summed E-state index contributed by atoms with van der Waals surface area (Å²) in [6.45, 7) is 13.1. The Balaban J connectivity index is 2.12. The minimum absolute atomic E-state index is 0.0239. The van der Waals surface area contributed by atoms with Crippen molar-refractivity contribution in [2.45, 2.75) is 79.8 Å². The molecule has 4 atom stereocenters. The van der Waals surface area contributed by atoms with Crippen LogP contribution in [0.5, 0.6) is 5.75 Å². The lowest BCUT2D eigenvalue weighted by Gasteiger charge is -2.59. The van der Waals surface area contributed by atoms with Crippen molar-refractivity contribution in [1.29, 1.82) is 0 Å². The van der Waals surface area contributed by atoms with Crippen LogP contribution in [0.15, 0.2) is 28.7 Å². The van der Waals surface area contributed by atoms with Gasteiger partial charge in [0, 0.05) is 22.3 Å². The molecule has 0 heterocycles. The molecule has 0 saturated carbocycles. The van der Waals surface area contributed by atoms with Crippen molar-refractivity contribution in [3.8, 4) is 5.75 Å². The van der Waals surface area contributed by atoms with Crippen molar-refractivity contribution in [1.82, 2.24) is 0 Å². The van der Waals surface area contributed by atoms with Gasteiger partial charge in [0.25, 0.3) is 0 Å². The highest BCUT2D eigenvalue weighted by molar-refractivity contribution is 6.25. The van der Waals surface area contributed by atoms with Gasteiger partial charge in [0.1, 0.15) is 22.8 Å². The molecule has 8 nitrogen and oxygen atoms in total. The third kappa shape index (κ3) is 3.25. The Hall–Kier alpha value is -3.26. The summed E-state index contributed by atoms with van der Waals surface area (Å²) in [6.07, 6.45) is 0.207. The number of aliphatic hydroxyl groups is 3. The van der Waals surface area contributed by atoms with E-state index in [0.29, 0.717) is 11.1 Å². The molecule has 1 aromatic carbocycles. The number of hydrogen-bond donors (Lipinski definition) is 4. The number of Topliss-reactive ketones (excluding diaryl/α,β-unsaturated/α-hetero) is 4. The smallest absolute Gasteiger partial charge is 0.209 e. The van der Waals surface area contributed by atoms with Gasteiger partial charge >= 0.3 is 0 Å². The van der Waals surface area contributed by atoms with Crippen molar-refractivity contribution in [3.63, 3.8) is 0 Å². The summed E-state index contributed by atoms with van der Waals surface area (Å²) in [5.41, 5.74) is -4.93. The molecule has 0 bridgehead atoms. The van der Waals surface area contributed by atoms with Gasteiger partial charge in [-0.3, -0.25) is 19.2 Å². The maximum atomic E-state index is 14.1. The van der Waals surface area contributed by atoms with Crippen molar-refractivity contribution in [2.75, 3.05) is 0 Å². The summed E-state index contributed by atoms with van der Waals surface area (Å²) in [7, 11) is 0. The van der Waals surface area contributed by atoms with Crippen molar-refractivity contribution >= 4 is 23.1 Å². The number of allylic oxidation sites excluding steroid dienone is 2. The number of hydrogen-bond acceptors (Lipinski definition) is 8. The van der Waals surface area contributed by atoms with Crippen LogP contribution in [0, 0.1) is 22.7 Å². The van der Waals surface area contributed by atoms with E-state index in [9.17, 15) is 39.6 Å². The number of benzene rings is 1. The zero-order valence-corrected chi connectivity index (χ0v) is 23.1. The summed E-state index contributed by atoms with van der Waals surface area (Å²) in [5.74, 6) is -6.23. The fraction of sp³-hybridized carbons (Fsp3) is 0.533. The molecule has 8 heteroatoms. The predicted octanol–water partition coefficient (Wildman–Crippen LogP) is 4.67. The summed E-state index contributed by atoms with van der Waals surface area (Å²) in [6, 6.07) is 1.60. The number of carbonyl (C=O) groups is 4. The molecule has 1 unspecified atom stereocenters. The minimum Gasteiger partial charge on any atom is -0.511 e. The number of aliphatic hydroxyl groups excluding tert-OH is 2. The molecule has 38 heavy (non-hydrogen) atoms. The van der Waals surface area contributed by atoms with Crippen LogP contribution < -0.4 is 0 Å². The third-order valence-electron chi connectivity index (χ3n) is 9.04. The number of carbonyl (C=O) groups excluding carboxylic acids is 4. The van der Waals surface area contributed by atoms with Gasteiger partial charge in [-0.1, -0.05) is 41.5 Å². The van der Waals surface area contributed by atoms with Crippen LogP contribution in [-0.2, 0) is 16.0 Å². The van der Waals surface area contributed by atoms with E-state index < -0.39 is 68.3 Å². The number of rotatable bonds is 4. The molecule has 4 N–H and O–H groups in total. The first-order valence-corrected chi connectivity index (χ1v) is 13.0. The molecule has 0 radical (unpaired) electrons. The van der Waals surface area contributed by atoms with E-state index in [2.05, 4.69) is 0 Å². The molecule has 0 saturated heterocycles. The third-order valence-corrected chi connectivity index (χ3v) is 9.04. The van der Waals surface area contributed by atoms with E-state index >= 15 is 0 Å². The zero-order valence-electron chi connectivity index (χ0n) is 23.1. The maximum absolute atomic E-state index is 14.1. The monoisotopic (exact) mass is 524 g/mol. The highest BCUT2D eigenvalue weighted by atomic mass is 16.3. The first-order valence-electron chi connectivity index (χ1n) is 13.0. The summed E-state index contributed by atoms with van der Waals surface area (Å²) in [4.78, 5) is 52.6. The second-order valence-electron chi connectivity index (χ2n) is 12.4. The van der Waals surface area contributed by atoms with Crippen LogP contribution in [0.2, 0.25) is 0 Å². The first-order chi connectivity index (χ1) is 17.4. The fourth-order valence-electron chi connectivity index (χ4n) is 7.61. The van der Waals surface area contributed by atoms with E-state index in [1.807, 2.05) is 13.8 Å². The SMILES string of the molecule is CC(=O)C1=C(O)C(C(C)C)[C@@]2(C)C[C@@]3(C)Cc4c(C(C)C)cc(C(C)=O)c(O)c4C(=O)C3=C(O)[C@@]2(O)C1=O. The average Bonchev–Trinajstić information content (AvgIpc) is 2.75. The van der Waals surface area contributed by atoms with Crippen molar-refractivity contribution in [3.05, 3.63) is 51.0 Å². The molecule has 4 rings (SSSR count). The maximum Gasteiger partial charge on any atom is 0.209 e. The van der Waals surface area contributed by atoms with Crippen LogP contribution >= 0.6 is 0 Å². The molecule has 1 aromatic rings. The molecular weight excluding hydrogens is 488 g/mol. The fourth-order valence-corrected chi connectivity index (χ4v) is 7.61. The topological polar surface area (TPSA) is 149 Å². The highest BCUT2D eigenvalue weighted by Gasteiger charge is 2.71. The molecule has 0 amide bonds. The number of fused-ring (bicyclic) bond motifs is 3. The van der Waals surface area contributed by atoms with E-state index in [4.69, 9.17) is 0 Å². The zero-order chi connectivity index (χ0) is 28.9. The van der Waals surface area contributed by atoms with Crippen LogP contribution in [0.3, 0.4) is 0 Å². The Morgan fingerprint density at radius 1 is 1.00 bits per heavy atom. The van der Waals surface area contributed by atoms with Crippen LogP contribution in [0.1, 0.15) is 99.6 Å². The lowest BCUT2D eigenvalue weighted by Crippen LogP contribution is -2.67. The number of ketones is 4. The summed E-state index contributed by atoms with van der Waals surface area (Å²) < 4.78 is 0. The van der Waals surface area contributed by atoms with Crippen molar-refractivity contribution in [2.24, 2.45) is 22.7 Å². The van der Waals surface area contributed by atoms with E-state index in [0.717, 1.165) is 6.92 Å². The molecule has 0 spiro atoms. The van der Waals surface area contributed by atoms with Gasteiger partial charge in [-0.25, -0.2) is 0 Å². The van der Waals surface area contributed by atoms with E-state index in [1.165, 1.54) is 6.92 Å². The van der Waals surface area contributed by atoms with Gasteiger partial charge in [0.15, 0.2) is 23.0 Å². The Labute approximate surface area is 222 Å². The summed E-state index contributed by atoms with van der Waals surface area (Å²) >= 11 is 0. The van der Waals surface area contributed by atoms with E-state index in [-0.39, 0.29) is 41.4 Å². The van der Waals surface area contributed by atoms with Gasteiger partial charge < -0.3 is 20.4 Å². The largest absolute Gasteiger partial charge is 0.511 e. The Morgan fingerprint density at radius 3 is 2.05 bits per heavy atom. The summed E-state index contributed by atoms with van der Waals surface area (Å²) in [5, 5.41) is 46.0. The van der Waals surface area contributed by atoms with Gasteiger partial charge in [-0.15, -0.1) is 0 Å². The Kier molecular flexibility index (Phi) is 6.11. The molecule has 0 aliphatic heterocycles. The lowest BCUT2D eigenvalue weighted by molar-refractivity contribution is -0.171. The highest BCUT2D eigenvalue weighted by Crippen LogP contribution is 2.65. The molecule has 204 valence electrons. The second-order valence-corrected chi connectivity index (χ2v) is 12.4. The van der Waals surface area contributed by atoms with Crippen LogP contribution in [0.4, 0.5) is 0 Å². The predicted molar refractivity (Wildman–Crippen MR) is 139 cm³/mol. The van der Waals surface area contributed by atoms with Gasteiger partial charge in [0.05, 0.1) is 11.1 Å². The molecular formula is C30H36O8. The molecule has 0 aromatic heterocycles. The van der Waals surface area contributed by atoms with Crippen LogP contribution in [0.25, 0.3) is 0 Å².